The third-order valence-corrected chi connectivity index (χ3v) is 3.10. The van der Waals surface area contributed by atoms with Crippen LogP contribution >= 0.6 is 0 Å². The summed E-state index contributed by atoms with van der Waals surface area (Å²) in [6.45, 7) is 8.15. The minimum atomic E-state index is -0.116. The number of carbonyl (C=O) groups is 1. The van der Waals surface area contributed by atoms with E-state index in [1.807, 2.05) is 13.8 Å². The fourth-order valence-corrected chi connectivity index (χ4v) is 2.12. The second kappa shape index (κ2) is 6.21. The highest BCUT2D eigenvalue weighted by molar-refractivity contribution is 5.71. The molecule has 16 heavy (non-hydrogen) atoms. The fraction of sp³-hybridized carbons (Fsp3) is 0.917. The Kier molecular flexibility index (Phi) is 5.22. The predicted octanol–water partition coefficient (Wildman–Crippen LogP) is 0.997. The van der Waals surface area contributed by atoms with Crippen molar-refractivity contribution in [3.8, 4) is 0 Å². The fourth-order valence-electron chi connectivity index (χ4n) is 2.12. The first-order chi connectivity index (χ1) is 7.49. The standard InChI is InChI=1S/C12H24N2O2/c1-9(2)16-12(15)8-14-6-4-11(5-7-14)10(3)13/h9-11H,4-8,13H2,1-3H3. The molecule has 0 radical (unpaired) electrons. The van der Waals surface area contributed by atoms with Crippen molar-refractivity contribution in [3.63, 3.8) is 0 Å². The molecule has 1 heterocycles. The van der Waals surface area contributed by atoms with Gasteiger partial charge in [-0.3, -0.25) is 9.69 Å². The average molecular weight is 228 g/mol. The number of piperidine rings is 1. The average Bonchev–Trinajstić information content (AvgIpc) is 2.16. The molecular weight excluding hydrogens is 204 g/mol. The number of likely N-dealkylation sites (tertiary alicyclic amines) is 1. The summed E-state index contributed by atoms with van der Waals surface area (Å²) in [5.41, 5.74) is 5.87. The molecule has 0 aromatic carbocycles. The van der Waals surface area contributed by atoms with Crippen LogP contribution in [0.1, 0.15) is 33.6 Å². The SMILES string of the molecule is CC(C)OC(=O)CN1CCC(C(C)N)CC1. The van der Waals surface area contributed by atoms with Crippen LogP contribution in [0.2, 0.25) is 0 Å². The van der Waals surface area contributed by atoms with Gasteiger partial charge < -0.3 is 10.5 Å². The summed E-state index contributed by atoms with van der Waals surface area (Å²) in [4.78, 5) is 13.6. The van der Waals surface area contributed by atoms with Gasteiger partial charge in [0.05, 0.1) is 12.6 Å². The molecule has 1 saturated heterocycles. The summed E-state index contributed by atoms with van der Waals surface area (Å²) in [5.74, 6) is 0.492. The first-order valence-corrected chi connectivity index (χ1v) is 6.16. The van der Waals surface area contributed by atoms with Gasteiger partial charge in [0.2, 0.25) is 0 Å². The molecule has 1 rings (SSSR count). The van der Waals surface area contributed by atoms with Gasteiger partial charge in [0.25, 0.3) is 0 Å². The molecule has 0 spiro atoms. The summed E-state index contributed by atoms with van der Waals surface area (Å²) < 4.78 is 5.12. The van der Waals surface area contributed by atoms with Crippen LogP contribution in [0.15, 0.2) is 0 Å². The second-order valence-corrected chi connectivity index (χ2v) is 5.01. The van der Waals surface area contributed by atoms with E-state index in [0.29, 0.717) is 12.5 Å². The highest BCUT2D eigenvalue weighted by Crippen LogP contribution is 2.19. The van der Waals surface area contributed by atoms with Crippen molar-refractivity contribution in [2.24, 2.45) is 11.7 Å². The van der Waals surface area contributed by atoms with Crippen molar-refractivity contribution in [2.75, 3.05) is 19.6 Å². The predicted molar refractivity (Wildman–Crippen MR) is 64.0 cm³/mol. The zero-order chi connectivity index (χ0) is 12.1. The van der Waals surface area contributed by atoms with Crippen LogP contribution in [0.25, 0.3) is 0 Å². The molecule has 0 saturated carbocycles. The van der Waals surface area contributed by atoms with Crippen LogP contribution in [-0.4, -0.2) is 42.6 Å². The zero-order valence-electron chi connectivity index (χ0n) is 10.6. The smallest absolute Gasteiger partial charge is 0.320 e. The van der Waals surface area contributed by atoms with Crippen molar-refractivity contribution in [1.82, 2.24) is 4.90 Å². The molecule has 1 unspecified atom stereocenters. The van der Waals surface area contributed by atoms with Crippen molar-refractivity contribution < 1.29 is 9.53 Å². The van der Waals surface area contributed by atoms with Crippen LogP contribution in [0, 0.1) is 5.92 Å². The number of carbonyl (C=O) groups excluding carboxylic acids is 1. The molecule has 1 atom stereocenters. The van der Waals surface area contributed by atoms with Crippen LogP contribution in [0.3, 0.4) is 0 Å². The Hall–Kier alpha value is -0.610. The molecule has 0 bridgehead atoms. The van der Waals surface area contributed by atoms with Gasteiger partial charge in [-0.1, -0.05) is 0 Å². The number of nitrogens with zero attached hydrogens (tertiary/aromatic N) is 1. The molecule has 1 aliphatic rings. The van der Waals surface area contributed by atoms with Crippen molar-refractivity contribution >= 4 is 5.97 Å². The highest BCUT2D eigenvalue weighted by Gasteiger charge is 2.23. The van der Waals surface area contributed by atoms with Crippen LogP contribution in [-0.2, 0) is 9.53 Å². The first-order valence-electron chi connectivity index (χ1n) is 6.16. The van der Waals surface area contributed by atoms with Crippen LogP contribution in [0.4, 0.5) is 0 Å². The maximum atomic E-state index is 11.4. The van der Waals surface area contributed by atoms with E-state index in [0.717, 1.165) is 25.9 Å². The van der Waals surface area contributed by atoms with Crippen LogP contribution < -0.4 is 5.73 Å². The molecule has 2 N–H and O–H groups in total. The van der Waals surface area contributed by atoms with Crippen molar-refractivity contribution in [2.45, 2.75) is 45.8 Å². The summed E-state index contributed by atoms with van der Waals surface area (Å²) in [7, 11) is 0. The molecule has 0 aromatic rings. The Balaban J connectivity index is 2.24. The minimum absolute atomic E-state index is 0.0193. The molecule has 0 aromatic heterocycles. The maximum Gasteiger partial charge on any atom is 0.320 e. The molecule has 0 aliphatic carbocycles. The number of esters is 1. The number of ether oxygens (including phenoxy) is 1. The van der Waals surface area contributed by atoms with Gasteiger partial charge in [-0.25, -0.2) is 0 Å². The van der Waals surface area contributed by atoms with Gasteiger partial charge in [-0.2, -0.15) is 0 Å². The minimum Gasteiger partial charge on any atom is -0.462 e. The molecule has 0 amide bonds. The van der Waals surface area contributed by atoms with E-state index in [1.54, 1.807) is 0 Å². The number of nitrogens with two attached hydrogens (primary N) is 1. The summed E-state index contributed by atoms with van der Waals surface area (Å²) in [6.07, 6.45) is 2.16. The molecular formula is C12H24N2O2. The van der Waals surface area contributed by atoms with Gasteiger partial charge in [-0.05, 0) is 52.6 Å². The number of rotatable bonds is 4. The Morgan fingerprint density at radius 1 is 1.38 bits per heavy atom. The third-order valence-electron chi connectivity index (χ3n) is 3.10. The van der Waals surface area contributed by atoms with Crippen molar-refractivity contribution in [1.29, 1.82) is 0 Å². The van der Waals surface area contributed by atoms with E-state index in [-0.39, 0.29) is 18.1 Å². The topological polar surface area (TPSA) is 55.6 Å². The van der Waals surface area contributed by atoms with Gasteiger partial charge in [0.15, 0.2) is 0 Å². The third kappa shape index (κ3) is 4.49. The molecule has 1 aliphatic heterocycles. The first kappa shape index (κ1) is 13.5. The second-order valence-electron chi connectivity index (χ2n) is 5.01. The Bertz CT molecular complexity index is 221. The summed E-state index contributed by atoms with van der Waals surface area (Å²) >= 11 is 0. The molecule has 1 fully saturated rings. The lowest BCUT2D eigenvalue weighted by Crippen LogP contribution is -2.42. The monoisotopic (exact) mass is 228 g/mol. The van der Waals surface area contributed by atoms with E-state index in [9.17, 15) is 4.79 Å². The molecule has 4 heteroatoms. The van der Waals surface area contributed by atoms with E-state index < -0.39 is 0 Å². The number of hydrogen-bond donors (Lipinski definition) is 1. The van der Waals surface area contributed by atoms with E-state index >= 15 is 0 Å². The van der Waals surface area contributed by atoms with E-state index in [4.69, 9.17) is 10.5 Å². The lowest BCUT2D eigenvalue weighted by molar-refractivity contribution is -0.149. The van der Waals surface area contributed by atoms with E-state index in [1.165, 1.54) is 0 Å². The Morgan fingerprint density at radius 2 is 1.94 bits per heavy atom. The lowest BCUT2D eigenvalue weighted by Gasteiger charge is -2.33. The molecule has 4 nitrogen and oxygen atoms in total. The Morgan fingerprint density at radius 3 is 2.38 bits per heavy atom. The van der Waals surface area contributed by atoms with Gasteiger partial charge in [0, 0.05) is 6.04 Å². The Labute approximate surface area is 98.1 Å². The van der Waals surface area contributed by atoms with E-state index in [2.05, 4.69) is 11.8 Å². The lowest BCUT2D eigenvalue weighted by atomic mass is 9.91. The van der Waals surface area contributed by atoms with Crippen molar-refractivity contribution in [3.05, 3.63) is 0 Å². The normalized spacial score (nSPS) is 21.1. The van der Waals surface area contributed by atoms with Crippen LogP contribution in [0.5, 0.6) is 0 Å². The zero-order valence-corrected chi connectivity index (χ0v) is 10.6. The summed E-state index contributed by atoms with van der Waals surface area (Å²) in [5, 5.41) is 0. The largest absolute Gasteiger partial charge is 0.462 e. The molecule has 94 valence electrons. The quantitative estimate of drug-likeness (QED) is 0.729. The summed E-state index contributed by atoms with van der Waals surface area (Å²) in [6, 6.07) is 0.268. The van der Waals surface area contributed by atoms with Gasteiger partial charge in [0.1, 0.15) is 0 Å². The van der Waals surface area contributed by atoms with Gasteiger partial charge in [-0.15, -0.1) is 0 Å². The maximum absolute atomic E-state index is 11.4. The van der Waals surface area contributed by atoms with Gasteiger partial charge >= 0.3 is 5.97 Å². The highest BCUT2D eigenvalue weighted by atomic mass is 16.5. The number of hydrogen-bond acceptors (Lipinski definition) is 4.